The SMILES string of the molecule is COc1ccc(N(C)C(=O)c2ccc(C)cc2O)cc1. The first-order valence-corrected chi connectivity index (χ1v) is 6.24. The van der Waals surface area contributed by atoms with E-state index in [-0.39, 0.29) is 17.2 Å². The van der Waals surface area contributed by atoms with Gasteiger partial charge in [-0.15, -0.1) is 0 Å². The third-order valence-corrected chi connectivity index (χ3v) is 3.15. The molecular weight excluding hydrogens is 254 g/mol. The number of carbonyl (C=O) groups is 1. The minimum absolute atomic E-state index is 0.00429. The molecule has 0 heterocycles. The van der Waals surface area contributed by atoms with Crippen molar-refractivity contribution in [3.63, 3.8) is 0 Å². The van der Waals surface area contributed by atoms with Crippen LogP contribution in [0.4, 0.5) is 5.69 Å². The molecule has 0 atom stereocenters. The monoisotopic (exact) mass is 271 g/mol. The van der Waals surface area contributed by atoms with Crippen molar-refractivity contribution in [3.05, 3.63) is 53.6 Å². The molecule has 0 bridgehead atoms. The van der Waals surface area contributed by atoms with Crippen LogP contribution in [-0.4, -0.2) is 25.2 Å². The van der Waals surface area contributed by atoms with E-state index in [9.17, 15) is 9.90 Å². The summed E-state index contributed by atoms with van der Waals surface area (Å²) in [6.45, 7) is 1.86. The number of hydrogen-bond acceptors (Lipinski definition) is 3. The number of rotatable bonds is 3. The molecule has 0 spiro atoms. The Morgan fingerprint density at radius 2 is 1.80 bits per heavy atom. The number of aryl methyl sites for hydroxylation is 1. The minimum atomic E-state index is -0.257. The number of phenols is 1. The maximum absolute atomic E-state index is 12.4. The van der Waals surface area contributed by atoms with E-state index in [1.54, 1.807) is 56.6 Å². The van der Waals surface area contributed by atoms with Crippen molar-refractivity contribution in [2.24, 2.45) is 0 Å². The van der Waals surface area contributed by atoms with Crippen LogP contribution in [0.1, 0.15) is 15.9 Å². The molecule has 20 heavy (non-hydrogen) atoms. The molecule has 0 saturated heterocycles. The van der Waals surface area contributed by atoms with E-state index >= 15 is 0 Å². The van der Waals surface area contributed by atoms with Gasteiger partial charge in [0.25, 0.3) is 5.91 Å². The van der Waals surface area contributed by atoms with Crippen molar-refractivity contribution in [3.8, 4) is 11.5 Å². The summed E-state index contributed by atoms with van der Waals surface area (Å²) >= 11 is 0. The van der Waals surface area contributed by atoms with Crippen LogP contribution in [-0.2, 0) is 0 Å². The third kappa shape index (κ3) is 2.74. The zero-order chi connectivity index (χ0) is 14.7. The van der Waals surface area contributed by atoms with Gasteiger partial charge in [-0.3, -0.25) is 4.79 Å². The fourth-order valence-electron chi connectivity index (χ4n) is 1.93. The van der Waals surface area contributed by atoms with E-state index in [1.807, 2.05) is 6.92 Å². The molecule has 0 radical (unpaired) electrons. The lowest BCUT2D eigenvalue weighted by molar-refractivity contribution is 0.0990. The molecule has 0 aromatic heterocycles. The number of hydrogen-bond donors (Lipinski definition) is 1. The van der Waals surface area contributed by atoms with Gasteiger partial charge < -0.3 is 14.7 Å². The van der Waals surface area contributed by atoms with Gasteiger partial charge >= 0.3 is 0 Å². The van der Waals surface area contributed by atoms with Crippen LogP contribution >= 0.6 is 0 Å². The first-order chi connectivity index (χ1) is 9.52. The van der Waals surface area contributed by atoms with Crippen LogP contribution in [0.5, 0.6) is 11.5 Å². The smallest absolute Gasteiger partial charge is 0.261 e. The van der Waals surface area contributed by atoms with Gasteiger partial charge in [0.1, 0.15) is 11.5 Å². The van der Waals surface area contributed by atoms with Gasteiger partial charge in [-0.05, 0) is 48.9 Å². The number of phenolic OH excluding ortho intramolecular Hbond substituents is 1. The quantitative estimate of drug-likeness (QED) is 0.933. The number of amides is 1. The molecule has 0 unspecified atom stereocenters. The highest BCUT2D eigenvalue weighted by atomic mass is 16.5. The second-order valence-corrected chi connectivity index (χ2v) is 4.58. The predicted octanol–water partition coefficient (Wildman–Crippen LogP) is 2.99. The summed E-state index contributed by atoms with van der Waals surface area (Å²) < 4.78 is 5.08. The van der Waals surface area contributed by atoms with Gasteiger partial charge in [-0.2, -0.15) is 0 Å². The van der Waals surface area contributed by atoms with Crippen LogP contribution in [0.2, 0.25) is 0 Å². The topological polar surface area (TPSA) is 49.8 Å². The van der Waals surface area contributed by atoms with E-state index in [4.69, 9.17) is 4.74 Å². The molecule has 1 N–H and O–H groups in total. The van der Waals surface area contributed by atoms with Crippen LogP contribution in [0.15, 0.2) is 42.5 Å². The Kier molecular flexibility index (Phi) is 3.94. The average Bonchev–Trinajstić information content (AvgIpc) is 2.46. The molecule has 0 fully saturated rings. The Balaban J connectivity index is 2.27. The molecule has 4 nitrogen and oxygen atoms in total. The first kappa shape index (κ1) is 13.9. The molecule has 2 rings (SSSR count). The van der Waals surface area contributed by atoms with Crippen molar-refractivity contribution in [1.82, 2.24) is 0 Å². The Morgan fingerprint density at radius 3 is 2.35 bits per heavy atom. The number of ether oxygens (including phenoxy) is 1. The molecular formula is C16H17NO3. The highest BCUT2D eigenvalue weighted by Gasteiger charge is 2.17. The van der Waals surface area contributed by atoms with E-state index in [0.29, 0.717) is 0 Å². The fourth-order valence-corrected chi connectivity index (χ4v) is 1.93. The highest BCUT2D eigenvalue weighted by Crippen LogP contribution is 2.24. The van der Waals surface area contributed by atoms with Gasteiger partial charge in [0.15, 0.2) is 0 Å². The Bertz CT molecular complexity index is 620. The molecule has 0 aliphatic heterocycles. The van der Waals surface area contributed by atoms with E-state index in [2.05, 4.69) is 0 Å². The molecule has 1 amide bonds. The van der Waals surface area contributed by atoms with Gasteiger partial charge in [0, 0.05) is 12.7 Å². The molecule has 4 heteroatoms. The number of aromatic hydroxyl groups is 1. The van der Waals surface area contributed by atoms with E-state index in [0.717, 1.165) is 17.0 Å². The van der Waals surface area contributed by atoms with E-state index < -0.39 is 0 Å². The van der Waals surface area contributed by atoms with E-state index in [1.165, 1.54) is 4.90 Å². The summed E-state index contributed by atoms with van der Waals surface area (Å²) in [6.07, 6.45) is 0. The molecule has 104 valence electrons. The number of benzene rings is 2. The van der Waals surface area contributed by atoms with Crippen molar-refractivity contribution in [2.45, 2.75) is 6.92 Å². The summed E-state index contributed by atoms with van der Waals surface area (Å²) in [5.74, 6) is 0.468. The number of methoxy groups -OCH3 is 1. The average molecular weight is 271 g/mol. The van der Waals surface area contributed by atoms with Crippen LogP contribution in [0.25, 0.3) is 0 Å². The Hall–Kier alpha value is -2.49. The molecule has 0 aliphatic rings. The number of carbonyl (C=O) groups excluding carboxylic acids is 1. The molecule has 0 aliphatic carbocycles. The standard InChI is InChI=1S/C16H17NO3/c1-11-4-9-14(15(18)10-11)16(19)17(2)12-5-7-13(20-3)8-6-12/h4-10,18H,1-3H3. The minimum Gasteiger partial charge on any atom is -0.507 e. The number of nitrogens with zero attached hydrogens (tertiary/aromatic N) is 1. The summed E-state index contributed by atoms with van der Waals surface area (Å²) in [4.78, 5) is 13.9. The van der Waals surface area contributed by atoms with Gasteiger partial charge in [-0.25, -0.2) is 0 Å². The predicted molar refractivity (Wildman–Crippen MR) is 78.6 cm³/mol. The van der Waals surface area contributed by atoms with Gasteiger partial charge in [0.2, 0.25) is 0 Å². The van der Waals surface area contributed by atoms with Crippen molar-refractivity contribution in [2.75, 3.05) is 19.1 Å². The summed E-state index contributed by atoms with van der Waals surface area (Å²) in [5, 5.41) is 9.87. The summed E-state index contributed by atoms with van der Waals surface area (Å²) in [7, 11) is 3.26. The van der Waals surface area contributed by atoms with Gasteiger partial charge in [0.05, 0.1) is 12.7 Å². The number of anilines is 1. The summed E-state index contributed by atoms with van der Waals surface area (Å²) in [5.41, 5.74) is 1.93. The lowest BCUT2D eigenvalue weighted by Gasteiger charge is -2.18. The zero-order valence-electron chi connectivity index (χ0n) is 11.8. The maximum atomic E-state index is 12.4. The Morgan fingerprint density at radius 1 is 1.15 bits per heavy atom. The largest absolute Gasteiger partial charge is 0.507 e. The van der Waals surface area contributed by atoms with Crippen LogP contribution in [0, 0.1) is 6.92 Å². The van der Waals surface area contributed by atoms with Crippen molar-refractivity contribution >= 4 is 11.6 Å². The van der Waals surface area contributed by atoms with Crippen molar-refractivity contribution < 1.29 is 14.6 Å². The second kappa shape index (κ2) is 5.65. The normalized spacial score (nSPS) is 10.2. The maximum Gasteiger partial charge on any atom is 0.261 e. The Labute approximate surface area is 118 Å². The van der Waals surface area contributed by atoms with Crippen LogP contribution in [0.3, 0.4) is 0 Å². The lowest BCUT2D eigenvalue weighted by atomic mass is 10.1. The van der Waals surface area contributed by atoms with Crippen molar-refractivity contribution in [1.29, 1.82) is 0 Å². The highest BCUT2D eigenvalue weighted by molar-refractivity contribution is 6.07. The second-order valence-electron chi connectivity index (χ2n) is 4.58. The molecule has 2 aromatic rings. The molecule has 0 saturated carbocycles. The lowest BCUT2D eigenvalue weighted by Crippen LogP contribution is -2.26. The third-order valence-electron chi connectivity index (χ3n) is 3.15. The van der Waals surface area contributed by atoms with Gasteiger partial charge in [-0.1, -0.05) is 6.07 Å². The molecule has 2 aromatic carbocycles. The fraction of sp³-hybridized carbons (Fsp3) is 0.188. The zero-order valence-corrected chi connectivity index (χ0v) is 11.8. The van der Waals surface area contributed by atoms with Crippen LogP contribution < -0.4 is 9.64 Å². The first-order valence-electron chi connectivity index (χ1n) is 6.24. The summed E-state index contributed by atoms with van der Waals surface area (Å²) in [6, 6.07) is 12.2.